The van der Waals surface area contributed by atoms with E-state index in [9.17, 15) is 24.5 Å². The first-order chi connectivity index (χ1) is 11.2. The Balaban J connectivity index is 2.85. The van der Waals surface area contributed by atoms with E-state index >= 15 is 0 Å². The number of esters is 1. The fourth-order valence-electron chi connectivity index (χ4n) is 1.80. The van der Waals surface area contributed by atoms with Gasteiger partial charge in [-0.05, 0) is 18.1 Å². The third kappa shape index (κ3) is 5.52. The van der Waals surface area contributed by atoms with Gasteiger partial charge in [0.1, 0.15) is 0 Å². The van der Waals surface area contributed by atoms with E-state index in [1.54, 1.807) is 19.9 Å². The monoisotopic (exact) mass is 335 g/mol. The number of rotatable bonds is 6. The number of para-hydroxylation sites is 1. The van der Waals surface area contributed by atoms with Crippen LogP contribution in [0.3, 0.4) is 0 Å². The van der Waals surface area contributed by atoms with Gasteiger partial charge in [-0.15, -0.1) is 0 Å². The molecule has 24 heavy (non-hydrogen) atoms. The number of nitrogens with one attached hydrogen (secondary N) is 1. The molecule has 128 valence electrons. The van der Waals surface area contributed by atoms with E-state index in [0.717, 1.165) is 6.08 Å². The van der Waals surface area contributed by atoms with Crippen LogP contribution in [0.5, 0.6) is 0 Å². The lowest BCUT2D eigenvalue weighted by Gasteiger charge is -2.18. The Bertz CT molecular complexity index is 684. The van der Waals surface area contributed by atoms with Gasteiger partial charge in [0.2, 0.25) is 0 Å². The van der Waals surface area contributed by atoms with Crippen LogP contribution in [0.1, 0.15) is 19.4 Å². The largest absolute Gasteiger partial charge is 0.449 e. The SMILES string of the molecule is CC(C)C(OC(=O)C=Cc1ccccc1[N+](=O)[O-])C(=O)NC(N)=O. The molecule has 0 saturated carbocycles. The summed E-state index contributed by atoms with van der Waals surface area (Å²) in [7, 11) is 0. The van der Waals surface area contributed by atoms with Gasteiger partial charge in [0.25, 0.3) is 11.6 Å². The number of primary amides is 1. The fraction of sp³-hybridized carbons (Fsp3) is 0.267. The first-order valence-corrected chi connectivity index (χ1v) is 6.94. The summed E-state index contributed by atoms with van der Waals surface area (Å²) < 4.78 is 4.98. The average molecular weight is 335 g/mol. The van der Waals surface area contributed by atoms with E-state index in [1.807, 2.05) is 5.32 Å². The molecule has 1 rings (SSSR count). The highest BCUT2D eigenvalue weighted by atomic mass is 16.6. The molecule has 3 N–H and O–H groups in total. The van der Waals surface area contributed by atoms with Gasteiger partial charge in [-0.2, -0.15) is 0 Å². The van der Waals surface area contributed by atoms with Gasteiger partial charge in [-0.1, -0.05) is 26.0 Å². The van der Waals surface area contributed by atoms with E-state index in [1.165, 1.54) is 24.3 Å². The van der Waals surface area contributed by atoms with Gasteiger partial charge in [0.05, 0.1) is 10.5 Å². The maximum Gasteiger partial charge on any atom is 0.331 e. The third-order valence-corrected chi connectivity index (χ3v) is 2.89. The quantitative estimate of drug-likeness (QED) is 0.348. The lowest BCUT2D eigenvalue weighted by Crippen LogP contribution is -2.45. The van der Waals surface area contributed by atoms with Crippen molar-refractivity contribution in [1.29, 1.82) is 0 Å². The van der Waals surface area contributed by atoms with E-state index in [-0.39, 0.29) is 11.3 Å². The minimum atomic E-state index is -1.22. The number of imide groups is 1. The van der Waals surface area contributed by atoms with Crippen molar-refractivity contribution in [2.45, 2.75) is 20.0 Å². The van der Waals surface area contributed by atoms with Crippen LogP contribution >= 0.6 is 0 Å². The van der Waals surface area contributed by atoms with Gasteiger partial charge in [0.15, 0.2) is 6.10 Å². The highest BCUT2D eigenvalue weighted by molar-refractivity contribution is 5.97. The number of hydrogen-bond acceptors (Lipinski definition) is 6. The second kappa shape index (κ2) is 8.42. The second-order valence-electron chi connectivity index (χ2n) is 5.10. The summed E-state index contributed by atoms with van der Waals surface area (Å²) >= 11 is 0. The van der Waals surface area contributed by atoms with Crippen LogP contribution in [-0.4, -0.2) is 28.9 Å². The summed E-state index contributed by atoms with van der Waals surface area (Å²) in [6.45, 7) is 3.23. The van der Waals surface area contributed by atoms with Crippen molar-refractivity contribution in [3.63, 3.8) is 0 Å². The number of ether oxygens (including phenoxy) is 1. The number of nitrogens with zero attached hydrogens (tertiary/aromatic N) is 1. The summed E-state index contributed by atoms with van der Waals surface area (Å²) in [6.07, 6.45) is 0.958. The fourth-order valence-corrected chi connectivity index (χ4v) is 1.80. The molecule has 0 fully saturated rings. The van der Waals surface area contributed by atoms with E-state index < -0.39 is 34.9 Å². The normalized spacial score (nSPS) is 12.0. The lowest BCUT2D eigenvalue weighted by atomic mass is 10.1. The smallest absolute Gasteiger partial charge is 0.331 e. The molecule has 0 spiro atoms. The molecule has 1 aromatic carbocycles. The van der Waals surface area contributed by atoms with Gasteiger partial charge < -0.3 is 10.5 Å². The zero-order valence-corrected chi connectivity index (χ0v) is 13.1. The Labute approximate surface area is 137 Å². The van der Waals surface area contributed by atoms with Crippen LogP contribution in [0.15, 0.2) is 30.3 Å². The molecule has 0 saturated heterocycles. The lowest BCUT2D eigenvalue weighted by molar-refractivity contribution is -0.385. The maximum absolute atomic E-state index is 11.8. The van der Waals surface area contributed by atoms with Crippen LogP contribution in [-0.2, 0) is 14.3 Å². The van der Waals surface area contributed by atoms with E-state index in [0.29, 0.717) is 0 Å². The molecule has 0 aliphatic carbocycles. The van der Waals surface area contributed by atoms with Crippen molar-refractivity contribution in [3.05, 3.63) is 46.0 Å². The standard InChI is InChI=1S/C15H17N3O6/c1-9(2)13(14(20)17-15(16)21)24-12(19)8-7-10-5-3-4-6-11(10)18(22)23/h3-9,13H,1-2H3,(H3,16,17,20,21). The predicted molar refractivity (Wildman–Crippen MR) is 84.6 cm³/mol. The van der Waals surface area contributed by atoms with Crippen LogP contribution in [0, 0.1) is 16.0 Å². The molecule has 0 bridgehead atoms. The number of benzene rings is 1. The van der Waals surface area contributed by atoms with Crippen molar-refractivity contribution in [2.75, 3.05) is 0 Å². The summed E-state index contributed by atoms with van der Waals surface area (Å²) in [6, 6.07) is 4.77. The molecular weight excluding hydrogens is 318 g/mol. The van der Waals surface area contributed by atoms with Crippen LogP contribution in [0.25, 0.3) is 6.08 Å². The van der Waals surface area contributed by atoms with Gasteiger partial charge in [-0.25, -0.2) is 9.59 Å². The topological polar surface area (TPSA) is 142 Å². The van der Waals surface area contributed by atoms with Crippen molar-refractivity contribution < 1.29 is 24.0 Å². The number of carbonyl (C=O) groups is 3. The van der Waals surface area contributed by atoms with Gasteiger partial charge in [0, 0.05) is 12.1 Å². The predicted octanol–water partition coefficient (Wildman–Crippen LogP) is 1.37. The third-order valence-electron chi connectivity index (χ3n) is 2.89. The Kier molecular flexibility index (Phi) is 6.60. The summed E-state index contributed by atoms with van der Waals surface area (Å²) in [4.78, 5) is 44.6. The van der Waals surface area contributed by atoms with Gasteiger partial charge in [-0.3, -0.25) is 20.2 Å². The summed E-state index contributed by atoms with van der Waals surface area (Å²) in [5.41, 5.74) is 4.89. The Hall–Kier alpha value is -3.23. The van der Waals surface area contributed by atoms with Crippen LogP contribution < -0.4 is 11.1 Å². The zero-order valence-electron chi connectivity index (χ0n) is 13.1. The van der Waals surface area contributed by atoms with Crippen LogP contribution in [0.2, 0.25) is 0 Å². The second-order valence-corrected chi connectivity index (χ2v) is 5.10. The van der Waals surface area contributed by atoms with Crippen LogP contribution in [0.4, 0.5) is 10.5 Å². The van der Waals surface area contributed by atoms with E-state index in [2.05, 4.69) is 0 Å². The van der Waals surface area contributed by atoms with Crippen molar-refractivity contribution in [3.8, 4) is 0 Å². The van der Waals surface area contributed by atoms with E-state index in [4.69, 9.17) is 10.5 Å². The van der Waals surface area contributed by atoms with Crippen molar-refractivity contribution in [2.24, 2.45) is 11.7 Å². The molecule has 1 atom stereocenters. The maximum atomic E-state index is 11.8. The van der Waals surface area contributed by atoms with Crippen molar-refractivity contribution >= 4 is 29.7 Å². The molecule has 0 aromatic heterocycles. The molecule has 9 nitrogen and oxygen atoms in total. The Morgan fingerprint density at radius 2 is 1.92 bits per heavy atom. The molecule has 0 aliphatic heterocycles. The first-order valence-electron chi connectivity index (χ1n) is 6.94. The van der Waals surface area contributed by atoms with Crippen molar-refractivity contribution in [1.82, 2.24) is 5.32 Å². The number of amides is 3. The molecule has 0 radical (unpaired) electrons. The average Bonchev–Trinajstić information content (AvgIpc) is 2.49. The highest BCUT2D eigenvalue weighted by Gasteiger charge is 2.26. The number of carbonyl (C=O) groups excluding carboxylic acids is 3. The molecule has 1 unspecified atom stereocenters. The Morgan fingerprint density at radius 3 is 2.46 bits per heavy atom. The molecule has 0 aliphatic rings. The minimum Gasteiger partial charge on any atom is -0.449 e. The zero-order chi connectivity index (χ0) is 18.3. The molecular formula is C15H17N3O6. The number of nitro groups is 1. The minimum absolute atomic E-state index is 0.173. The Morgan fingerprint density at radius 1 is 1.29 bits per heavy atom. The summed E-state index contributed by atoms with van der Waals surface area (Å²) in [5.74, 6) is -2.14. The van der Waals surface area contributed by atoms with Gasteiger partial charge >= 0.3 is 12.0 Å². The first kappa shape index (κ1) is 18.8. The number of urea groups is 1. The molecule has 9 heteroatoms. The number of nitrogens with two attached hydrogens (primary N) is 1. The molecule has 3 amide bonds. The molecule has 1 aromatic rings. The highest BCUT2D eigenvalue weighted by Crippen LogP contribution is 2.19. The molecule has 0 heterocycles. The number of nitro benzene ring substituents is 1. The summed E-state index contributed by atoms with van der Waals surface area (Å²) in [5, 5.41) is 12.7. The number of hydrogen-bond donors (Lipinski definition) is 2.